The second kappa shape index (κ2) is 9.96. The highest BCUT2D eigenvalue weighted by atomic mass is 19.1. The molecule has 0 aliphatic heterocycles. The van der Waals surface area contributed by atoms with Crippen molar-refractivity contribution in [1.82, 2.24) is 35.1 Å². The summed E-state index contributed by atoms with van der Waals surface area (Å²) < 4.78 is 16.2. The van der Waals surface area contributed by atoms with E-state index in [0.29, 0.717) is 50.4 Å². The summed E-state index contributed by atoms with van der Waals surface area (Å²) in [6, 6.07) is 10.8. The van der Waals surface area contributed by atoms with Gasteiger partial charge in [0.1, 0.15) is 17.0 Å². The molecule has 9 nitrogen and oxygen atoms in total. The highest BCUT2D eigenvalue weighted by molar-refractivity contribution is 5.98. The van der Waals surface area contributed by atoms with Gasteiger partial charge < -0.3 is 10.3 Å². The van der Waals surface area contributed by atoms with Gasteiger partial charge in [0, 0.05) is 47.4 Å². The molecule has 1 aromatic carbocycles. The van der Waals surface area contributed by atoms with E-state index < -0.39 is 5.82 Å². The lowest BCUT2D eigenvalue weighted by Gasteiger charge is -2.20. The van der Waals surface area contributed by atoms with Crippen LogP contribution in [0.4, 0.5) is 10.1 Å². The van der Waals surface area contributed by atoms with Gasteiger partial charge in [-0.1, -0.05) is 19.3 Å². The third-order valence-electron chi connectivity index (χ3n) is 7.52. The van der Waals surface area contributed by atoms with Crippen molar-refractivity contribution in [2.45, 2.75) is 32.1 Å². The van der Waals surface area contributed by atoms with Gasteiger partial charge >= 0.3 is 0 Å². The summed E-state index contributed by atoms with van der Waals surface area (Å²) in [6.07, 6.45) is 13.4. The average Bonchev–Trinajstić information content (AvgIpc) is 3.63. The minimum absolute atomic E-state index is 0.00303. The van der Waals surface area contributed by atoms with Crippen molar-refractivity contribution in [1.29, 1.82) is 0 Å². The van der Waals surface area contributed by atoms with Crippen molar-refractivity contribution in [3.05, 3.63) is 73.2 Å². The molecular formula is C30H25FN8O. The van der Waals surface area contributed by atoms with Crippen molar-refractivity contribution in [3.8, 4) is 33.9 Å². The topological polar surface area (TPSA) is 125 Å². The number of aromatic nitrogens is 7. The number of fused-ring (bicyclic) bond motifs is 2. The second-order valence-electron chi connectivity index (χ2n) is 10.1. The normalized spacial score (nSPS) is 14.1. The van der Waals surface area contributed by atoms with Crippen LogP contribution in [0.25, 0.3) is 55.8 Å². The Morgan fingerprint density at radius 1 is 0.925 bits per heavy atom. The maximum Gasteiger partial charge on any atom is 0.227 e. The number of carbonyl (C=O) groups is 1. The molecule has 40 heavy (non-hydrogen) atoms. The summed E-state index contributed by atoms with van der Waals surface area (Å²) in [5.74, 6) is -0.0275. The molecule has 10 heteroatoms. The van der Waals surface area contributed by atoms with E-state index in [1.165, 1.54) is 6.42 Å². The Kier molecular flexibility index (Phi) is 5.99. The quantitative estimate of drug-likeness (QED) is 0.240. The van der Waals surface area contributed by atoms with Gasteiger partial charge in [-0.15, -0.1) is 0 Å². The van der Waals surface area contributed by atoms with Crippen LogP contribution in [-0.2, 0) is 4.79 Å². The van der Waals surface area contributed by atoms with Crippen LogP contribution < -0.4 is 5.32 Å². The Balaban J connectivity index is 1.26. The summed E-state index contributed by atoms with van der Waals surface area (Å²) in [7, 11) is 0. The fourth-order valence-corrected chi connectivity index (χ4v) is 5.49. The van der Waals surface area contributed by atoms with Crippen LogP contribution in [0.3, 0.4) is 0 Å². The Hall–Kier alpha value is -4.99. The van der Waals surface area contributed by atoms with Crippen molar-refractivity contribution in [2.24, 2.45) is 5.92 Å². The highest BCUT2D eigenvalue weighted by Crippen LogP contribution is 2.35. The predicted octanol–water partition coefficient (Wildman–Crippen LogP) is 6.28. The Labute approximate surface area is 228 Å². The molecule has 198 valence electrons. The number of hydrogen-bond acceptors (Lipinski definition) is 6. The first kappa shape index (κ1) is 24.1. The summed E-state index contributed by atoms with van der Waals surface area (Å²) in [6.45, 7) is 0. The number of halogens is 1. The number of hydrogen-bond donors (Lipinski definition) is 3. The van der Waals surface area contributed by atoms with Gasteiger partial charge in [-0.05, 0) is 49.2 Å². The molecule has 5 heterocycles. The third-order valence-corrected chi connectivity index (χ3v) is 7.52. The fraction of sp³-hybridized carbons (Fsp3) is 0.200. The van der Waals surface area contributed by atoms with E-state index in [4.69, 9.17) is 4.98 Å². The SMILES string of the molecule is O=C(Nc1cncc(-c2ccc3[nH]nc(-c4nc5c(-c6cccnc6)nccc5[nH]4)c3c2F)c1)C1CCCCC1. The Morgan fingerprint density at radius 3 is 2.65 bits per heavy atom. The van der Waals surface area contributed by atoms with Crippen molar-refractivity contribution >= 4 is 33.5 Å². The predicted molar refractivity (Wildman–Crippen MR) is 151 cm³/mol. The van der Waals surface area contributed by atoms with Crippen molar-refractivity contribution < 1.29 is 9.18 Å². The van der Waals surface area contributed by atoms with Gasteiger partial charge in [0.2, 0.25) is 5.91 Å². The molecule has 0 saturated heterocycles. The van der Waals surface area contributed by atoms with Gasteiger partial charge in [-0.3, -0.25) is 24.8 Å². The molecule has 1 fully saturated rings. The highest BCUT2D eigenvalue weighted by Gasteiger charge is 2.23. The van der Waals surface area contributed by atoms with E-state index in [1.54, 1.807) is 49.2 Å². The van der Waals surface area contributed by atoms with Crippen LogP contribution in [0, 0.1) is 11.7 Å². The summed E-state index contributed by atoms with van der Waals surface area (Å²) in [5.41, 5.74) is 5.25. The summed E-state index contributed by atoms with van der Waals surface area (Å²) in [4.78, 5) is 33.8. The molecular weight excluding hydrogens is 507 g/mol. The number of H-pyrrole nitrogens is 2. The lowest BCUT2D eigenvalue weighted by Crippen LogP contribution is -2.24. The Bertz CT molecular complexity index is 1860. The van der Waals surface area contributed by atoms with Crippen LogP contribution in [0.1, 0.15) is 32.1 Å². The molecule has 1 aliphatic carbocycles. The second-order valence-corrected chi connectivity index (χ2v) is 10.1. The minimum Gasteiger partial charge on any atom is -0.336 e. The minimum atomic E-state index is -0.454. The number of anilines is 1. The number of imidazole rings is 1. The van der Waals surface area contributed by atoms with E-state index in [2.05, 4.69) is 35.5 Å². The molecule has 1 amide bonds. The number of amides is 1. The average molecular weight is 533 g/mol. The van der Waals surface area contributed by atoms with E-state index in [-0.39, 0.29) is 11.8 Å². The lowest BCUT2D eigenvalue weighted by molar-refractivity contribution is -0.120. The monoisotopic (exact) mass is 532 g/mol. The van der Waals surface area contributed by atoms with Crippen LogP contribution in [-0.4, -0.2) is 41.0 Å². The fourth-order valence-electron chi connectivity index (χ4n) is 5.49. The number of carbonyl (C=O) groups excluding carboxylic acids is 1. The molecule has 1 saturated carbocycles. The molecule has 7 rings (SSSR count). The first-order chi connectivity index (χ1) is 19.7. The maximum atomic E-state index is 16.2. The van der Waals surface area contributed by atoms with Crippen LogP contribution in [0.5, 0.6) is 0 Å². The standard InChI is InChI=1S/C30H25FN8O/c31-25-21(19-13-20(16-33-15-19)35-30(40)17-5-2-1-3-6-17)8-9-22-24(25)28(39-38-22)29-36-23-10-12-34-26(27(23)37-29)18-7-4-11-32-14-18/h4,7-17H,1-3,5-6H2,(H,35,40)(H,36,37)(H,38,39). The summed E-state index contributed by atoms with van der Waals surface area (Å²) >= 11 is 0. The number of benzene rings is 1. The largest absolute Gasteiger partial charge is 0.336 e. The Morgan fingerprint density at radius 2 is 1.80 bits per heavy atom. The summed E-state index contributed by atoms with van der Waals surface area (Å²) in [5, 5.41) is 10.6. The van der Waals surface area contributed by atoms with Gasteiger partial charge in [0.25, 0.3) is 0 Å². The smallest absolute Gasteiger partial charge is 0.227 e. The van der Waals surface area contributed by atoms with Crippen molar-refractivity contribution in [3.63, 3.8) is 0 Å². The molecule has 1 aliphatic rings. The first-order valence-electron chi connectivity index (χ1n) is 13.3. The third kappa shape index (κ3) is 4.27. The van der Waals surface area contributed by atoms with Gasteiger partial charge in [-0.2, -0.15) is 5.10 Å². The lowest BCUT2D eigenvalue weighted by atomic mass is 9.88. The van der Waals surface area contributed by atoms with E-state index in [0.717, 1.165) is 36.8 Å². The first-order valence-corrected chi connectivity index (χ1v) is 13.3. The zero-order valence-corrected chi connectivity index (χ0v) is 21.5. The molecule has 0 spiro atoms. The number of nitrogens with zero attached hydrogens (tertiary/aromatic N) is 5. The molecule has 3 N–H and O–H groups in total. The zero-order chi connectivity index (χ0) is 27.1. The number of rotatable bonds is 5. The van der Waals surface area contributed by atoms with Crippen LogP contribution in [0.2, 0.25) is 0 Å². The van der Waals surface area contributed by atoms with Crippen LogP contribution >= 0.6 is 0 Å². The van der Waals surface area contributed by atoms with Crippen molar-refractivity contribution in [2.75, 3.05) is 5.32 Å². The van der Waals surface area contributed by atoms with E-state index >= 15 is 4.39 Å². The number of aromatic amines is 2. The molecule has 5 aromatic heterocycles. The molecule has 6 aromatic rings. The van der Waals surface area contributed by atoms with Gasteiger partial charge in [0.15, 0.2) is 5.82 Å². The zero-order valence-electron chi connectivity index (χ0n) is 21.5. The van der Waals surface area contributed by atoms with E-state index in [9.17, 15) is 4.79 Å². The van der Waals surface area contributed by atoms with Crippen LogP contribution in [0.15, 0.2) is 67.4 Å². The number of nitrogens with one attached hydrogen (secondary N) is 3. The molecule has 0 radical (unpaired) electrons. The van der Waals surface area contributed by atoms with Gasteiger partial charge in [-0.25, -0.2) is 9.37 Å². The molecule has 0 unspecified atom stereocenters. The van der Waals surface area contributed by atoms with E-state index in [1.807, 2.05) is 18.2 Å². The maximum absolute atomic E-state index is 16.2. The molecule has 0 atom stereocenters. The number of pyridine rings is 3. The van der Waals surface area contributed by atoms with Gasteiger partial charge in [0.05, 0.1) is 34.0 Å². The molecule has 0 bridgehead atoms.